The summed E-state index contributed by atoms with van der Waals surface area (Å²) in [4.78, 5) is 0. The van der Waals surface area contributed by atoms with Gasteiger partial charge in [-0.1, -0.05) is 252 Å². The molecule has 0 heterocycles. The normalized spacial score (nSPS) is 12.1. The van der Waals surface area contributed by atoms with Gasteiger partial charge < -0.3 is 0 Å². The Balaban J connectivity index is 0.000000200. The molecule has 0 fully saturated rings. The molecule has 0 aliphatic heterocycles. The van der Waals surface area contributed by atoms with E-state index >= 15 is 0 Å². The first-order valence-electron chi connectivity index (χ1n) is 16.5. The highest BCUT2D eigenvalue weighted by Gasteiger charge is 2.53. The minimum atomic E-state index is -2.25. The van der Waals surface area contributed by atoms with Crippen LogP contribution in [0.3, 0.4) is 0 Å². The summed E-state index contributed by atoms with van der Waals surface area (Å²) in [6, 6.07) is 67.4. The quantitative estimate of drug-likeness (QED) is 0.120. The SMILES string of the molecule is C[Si](C)(C)[Si](C)(c1ccccc1)c1ccccc1.C[Si](C)(c1ccccc1)[Si](c1ccccc1)(c1ccccc1)c1ccccc1. The van der Waals surface area contributed by atoms with E-state index in [1.165, 1.54) is 20.7 Å². The Morgan fingerprint density at radius 2 is 0.478 bits per heavy atom. The molecule has 0 nitrogen and oxygen atoms in total. The highest BCUT2D eigenvalue weighted by molar-refractivity contribution is 7.59. The number of hydrogen-bond acceptors (Lipinski definition) is 0. The Kier molecular flexibility index (Phi) is 10.4. The van der Waals surface area contributed by atoms with Gasteiger partial charge in [0, 0.05) is 7.59 Å². The van der Waals surface area contributed by atoms with Crippen LogP contribution >= 0.6 is 0 Å². The van der Waals surface area contributed by atoms with Gasteiger partial charge >= 0.3 is 0 Å². The second-order valence-corrected chi connectivity index (χ2v) is 42.4. The van der Waals surface area contributed by atoms with Crippen LogP contribution in [0.1, 0.15) is 0 Å². The van der Waals surface area contributed by atoms with E-state index in [-0.39, 0.29) is 0 Å². The van der Waals surface area contributed by atoms with Gasteiger partial charge in [-0.15, -0.1) is 0 Å². The van der Waals surface area contributed by atoms with Crippen molar-refractivity contribution < 1.29 is 0 Å². The van der Waals surface area contributed by atoms with Crippen molar-refractivity contribution in [3.8, 4) is 0 Å². The van der Waals surface area contributed by atoms with Gasteiger partial charge in [-0.25, -0.2) is 0 Å². The topological polar surface area (TPSA) is 0 Å². The first kappa shape index (κ1) is 33.5. The molecule has 0 radical (unpaired) electrons. The summed E-state index contributed by atoms with van der Waals surface area (Å²) in [6.45, 7) is 15.2. The van der Waals surface area contributed by atoms with Crippen molar-refractivity contribution in [2.45, 2.75) is 39.3 Å². The molecule has 6 rings (SSSR count). The molecule has 0 atom stereocenters. The third-order valence-electron chi connectivity index (χ3n) is 10.3. The average molecular weight is 665 g/mol. The zero-order valence-electron chi connectivity index (χ0n) is 28.3. The lowest BCUT2D eigenvalue weighted by atomic mass is 10.3. The van der Waals surface area contributed by atoms with Crippen LogP contribution in [-0.4, -0.2) is 30.4 Å². The van der Waals surface area contributed by atoms with Crippen molar-refractivity contribution in [3.05, 3.63) is 182 Å². The molecule has 0 spiro atoms. The monoisotopic (exact) mass is 664 g/mol. The summed E-state index contributed by atoms with van der Waals surface area (Å²) in [5, 5.41) is 9.21. The molecule has 0 aromatic heterocycles. The summed E-state index contributed by atoms with van der Waals surface area (Å²) in [7, 11) is -7.01. The minimum Gasteiger partial charge on any atom is -0.0709 e. The van der Waals surface area contributed by atoms with Gasteiger partial charge in [0.15, 0.2) is 0 Å². The summed E-state index contributed by atoms with van der Waals surface area (Å²) in [6.07, 6.45) is 0. The fraction of sp³-hybridized carbons (Fsp3) is 0.143. The van der Waals surface area contributed by atoms with E-state index in [0.717, 1.165) is 0 Å². The van der Waals surface area contributed by atoms with E-state index < -0.39 is 30.4 Å². The Bertz CT molecular complexity index is 1630. The maximum Gasteiger partial charge on any atom is 0.144 e. The van der Waals surface area contributed by atoms with Crippen LogP contribution in [0, 0.1) is 0 Å². The molecule has 0 aliphatic rings. The molecule has 0 amide bonds. The Morgan fingerprint density at radius 1 is 0.261 bits per heavy atom. The predicted molar refractivity (Wildman–Crippen MR) is 215 cm³/mol. The second-order valence-electron chi connectivity index (χ2n) is 13.9. The van der Waals surface area contributed by atoms with E-state index in [2.05, 4.69) is 221 Å². The second kappa shape index (κ2) is 14.3. The van der Waals surface area contributed by atoms with E-state index in [1.807, 2.05) is 0 Å². The molecule has 0 aliphatic carbocycles. The van der Waals surface area contributed by atoms with Gasteiger partial charge in [-0.05, 0) is 0 Å². The van der Waals surface area contributed by atoms with Gasteiger partial charge in [0.1, 0.15) is 15.2 Å². The van der Waals surface area contributed by atoms with Crippen molar-refractivity contribution in [1.82, 2.24) is 0 Å². The maximum absolute atomic E-state index is 2.57. The minimum absolute atomic E-state index is 1.25. The van der Waals surface area contributed by atoms with Gasteiger partial charge in [0.25, 0.3) is 0 Å². The molecular weight excluding hydrogens is 617 g/mol. The molecular formula is C42H48Si4. The highest BCUT2D eigenvalue weighted by atomic mass is 29.3. The lowest BCUT2D eigenvalue weighted by Crippen LogP contribution is -2.84. The number of rotatable bonds is 8. The standard InChI is InChI=1S/C26H26Si2.C16H22Si2/c1-27(2,23-15-7-3-8-16-23)28(24-17-9-4-10-18-24,25-19-11-5-12-20-25)26-21-13-6-14-22-26;1-17(2,3)18(4,15-11-7-5-8-12-15)16-13-9-6-10-14-16/h3-22H,1-2H3;5-14H,1-4H3. The van der Waals surface area contributed by atoms with Gasteiger partial charge in [-0.3, -0.25) is 0 Å². The van der Waals surface area contributed by atoms with E-state index in [9.17, 15) is 0 Å². The fourth-order valence-corrected chi connectivity index (χ4v) is 33.8. The highest BCUT2D eigenvalue weighted by Crippen LogP contribution is 2.22. The number of benzene rings is 6. The molecule has 6 aromatic carbocycles. The lowest BCUT2D eigenvalue weighted by Gasteiger charge is -2.45. The van der Waals surface area contributed by atoms with Crippen molar-refractivity contribution in [2.75, 3.05) is 0 Å². The van der Waals surface area contributed by atoms with E-state index in [4.69, 9.17) is 0 Å². The summed E-state index contributed by atoms with van der Waals surface area (Å²) < 4.78 is 0. The van der Waals surface area contributed by atoms with Gasteiger partial charge in [0.2, 0.25) is 0 Å². The van der Waals surface area contributed by atoms with Crippen LogP contribution in [-0.2, 0) is 0 Å². The molecule has 232 valence electrons. The largest absolute Gasteiger partial charge is 0.144 e. The van der Waals surface area contributed by atoms with Gasteiger partial charge in [-0.2, -0.15) is 0 Å². The molecule has 6 aromatic rings. The number of hydrogen-bond donors (Lipinski definition) is 0. The van der Waals surface area contributed by atoms with Crippen LogP contribution in [0.5, 0.6) is 0 Å². The molecule has 0 unspecified atom stereocenters. The van der Waals surface area contributed by atoms with Crippen LogP contribution in [0.15, 0.2) is 182 Å². The maximum atomic E-state index is 2.57. The third-order valence-corrected chi connectivity index (χ3v) is 43.3. The first-order chi connectivity index (χ1) is 22.1. The summed E-state index contributed by atoms with van der Waals surface area (Å²) in [5.41, 5.74) is 0. The summed E-state index contributed by atoms with van der Waals surface area (Å²) >= 11 is 0. The Morgan fingerprint density at radius 3 is 0.717 bits per heavy atom. The lowest BCUT2D eigenvalue weighted by molar-refractivity contribution is 1.67. The third kappa shape index (κ3) is 6.40. The van der Waals surface area contributed by atoms with Crippen LogP contribution in [0.25, 0.3) is 0 Å². The summed E-state index contributed by atoms with van der Waals surface area (Å²) in [5.74, 6) is 0. The van der Waals surface area contributed by atoms with Crippen molar-refractivity contribution >= 4 is 61.5 Å². The predicted octanol–water partition coefficient (Wildman–Crippen LogP) is 7.15. The zero-order chi connectivity index (χ0) is 32.7. The molecule has 4 heteroatoms. The van der Waals surface area contributed by atoms with E-state index in [0.29, 0.717) is 0 Å². The van der Waals surface area contributed by atoms with E-state index in [1.54, 1.807) is 10.4 Å². The molecule has 0 saturated carbocycles. The van der Waals surface area contributed by atoms with Crippen LogP contribution < -0.4 is 31.1 Å². The first-order valence-corrected chi connectivity index (χ1v) is 29.5. The van der Waals surface area contributed by atoms with Crippen LogP contribution in [0.4, 0.5) is 0 Å². The molecule has 0 N–H and O–H groups in total. The average Bonchev–Trinajstić information content (AvgIpc) is 3.10. The van der Waals surface area contributed by atoms with Crippen molar-refractivity contribution in [1.29, 1.82) is 0 Å². The zero-order valence-corrected chi connectivity index (χ0v) is 32.3. The van der Waals surface area contributed by atoms with Crippen molar-refractivity contribution in [2.24, 2.45) is 0 Å². The van der Waals surface area contributed by atoms with Crippen molar-refractivity contribution in [3.63, 3.8) is 0 Å². The Hall–Kier alpha value is -3.81. The molecule has 0 saturated heterocycles. The van der Waals surface area contributed by atoms with Crippen LogP contribution in [0.2, 0.25) is 39.3 Å². The molecule has 46 heavy (non-hydrogen) atoms. The Labute approximate surface area is 281 Å². The smallest absolute Gasteiger partial charge is 0.0709 e. The fourth-order valence-electron chi connectivity index (χ4n) is 7.29. The van der Waals surface area contributed by atoms with Gasteiger partial charge in [0.05, 0.1) is 7.59 Å². The molecule has 0 bridgehead atoms.